The largest absolute Gasteiger partial charge is 0.497 e. The van der Waals surface area contributed by atoms with Crippen LogP contribution < -0.4 is 15.8 Å². The predicted octanol–water partition coefficient (Wildman–Crippen LogP) is 5.74. The van der Waals surface area contributed by atoms with Crippen LogP contribution in [-0.2, 0) is 14.3 Å². The zero-order valence-corrected chi connectivity index (χ0v) is 26.6. The number of nitrogens with two attached hydrogens (primary N) is 1. The lowest BCUT2D eigenvalue weighted by Gasteiger charge is -2.19. The summed E-state index contributed by atoms with van der Waals surface area (Å²) in [6, 6.07) is 16.2. The highest BCUT2D eigenvalue weighted by molar-refractivity contribution is 6.00. The average molecular weight is 609 g/mol. The van der Waals surface area contributed by atoms with Gasteiger partial charge in [-0.1, -0.05) is 32.1 Å². The average Bonchev–Trinajstić information content (AvgIpc) is 3.39. The number of pyridine rings is 1. The molecule has 2 heterocycles. The lowest BCUT2D eigenvalue weighted by atomic mass is 10.0. The Morgan fingerprint density at radius 1 is 1.11 bits per heavy atom. The van der Waals surface area contributed by atoms with E-state index in [1.54, 1.807) is 43.0 Å². The molecule has 45 heavy (non-hydrogen) atoms. The number of aromatic nitrogens is 2. The van der Waals surface area contributed by atoms with Crippen LogP contribution in [0.1, 0.15) is 39.0 Å². The molecule has 2 aromatic heterocycles. The number of nitrogens with zero attached hydrogens (tertiary/aromatic N) is 4. The molecule has 0 saturated carbocycles. The number of nitriles is 1. The van der Waals surface area contributed by atoms with Gasteiger partial charge in [0.2, 0.25) is 5.91 Å². The molecule has 0 aliphatic carbocycles. The molecule has 10 heteroatoms. The van der Waals surface area contributed by atoms with Crippen LogP contribution in [0.4, 0.5) is 5.69 Å². The van der Waals surface area contributed by atoms with Crippen molar-refractivity contribution in [2.75, 3.05) is 33.1 Å². The van der Waals surface area contributed by atoms with E-state index in [9.17, 15) is 14.9 Å². The van der Waals surface area contributed by atoms with Crippen LogP contribution in [0.25, 0.3) is 33.3 Å². The van der Waals surface area contributed by atoms with E-state index in [-0.39, 0.29) is 11.8 Å². The smallest absolute Gasteiger partial charge is 0.324 e. The lowest BCUT2D eigenvalue weighted by Crippen LogP contribution is -2.34. The van der Waals surface area contributed by atoms with Gasteiger partial charge in [-0.2, -0.15) is 5.26 Å². The normalized spacial score (nSPS) is 12.8. The van der Waals surface area contributed by atoms with Crippen molar-refractivity contribution in [1.29, 1.82) is 5.26 Å². The van der Waals surface area contributed by atoms with Gasteiger partial charge in [0.25, 0.3) is 0 Å². The van der Waals surface area contributed by atoms with E-state index in [0.29, 0.717) is 35.6 Å². The summed E-state index contributed by atoms with van der Waals surface area (Å²) in [7, 11) is 5.43. The number of fused-ring (bicyclic) bond motifs is 1. The van der Waals surface area contributed by atoms with Gasteiger partial charge >= 0.3 is 5.97 Å². The Morgan fingerprint density at radius 2 is 1.89 bits per heavy atom. The van der Waals surface area contributed by atoms with E-state index < -0.39 is 18.2 Å². The molecule has 2 atom stereocenters. The van der Waals surface area contributed by atoms with E-state index in [4.69, 9.17) is 20.2 Å². The fourth-order valence-electron chi connectivity index (χ4n) is 4.98. The molecule has 4 aromatic rings. The monoisotopic (exact) mass is 608 g/mol. The molecule has 1 unspecified atom stereocenters. The summed E-state index contributed by atoms with van der Waals surface area (Å²) >= 11 is 0. The summed E-state index contributed by atoms with van der Waals surface area (Å²) in [5, 5.41) is 13.2. The second-order valence-corrected chi connectivity index (χ2v) is 11.6. The first kappa shape index (κ1) is 32.9. The van der Waals surface area contributed by atoms with Crippen LogP contribution in [0.5, 0.6) is 5.75 Å². The summed E-state index contributed by atoms with van der Waals surface area (Å²) in [6.45, 7) is 6.42. The number of carbonyl (C=O) groups is 2. The molecule has 0 radical (unpaired) electrons. The Hall–Kier alpha value is -4.98. The number of anilines is 1. The van der Waals surface area contributed by atoms with Crippen molar-refractivity contribution in [1.82, 2.24) is 14.5 Å². The molecule has 0 aliphatic heterocycles. The van der Waals surface area contributed by atoms with Crippen LogP contribution in [0.15, 0.2) is 73.1 Å². The molecule has 234 valence electrons. The minimum atomic E-state index is -0.730. The second kappa shape index (κ2) is 14.7. The molecule has 0 spiro atoms. The van der Waals surface area contributed by atoms with E-state index in [1.807, 2.05) is 75.4 Å². The predicted molar refractivity (Wildman–Crippen MR) is 176 cm³/mol. The van der Waals surface area contributed by atoms with Gasteiger partial charge in [0.1, 0.15) is 17.4 Å². The van der Waals surface area contributed by atoms with Crippen molar-refractivity contribution in [3.8, 4) is 34.1 Å². The van der Waals surface area contributed by atoms with Gasteiger partial charge in [0.05, 0.1) is 18.7 Å². The molecular weight excluding hydrogens is 568 g/mol. The number of amides is 1. The highest BCUT2D eigenvalue weighted by Gasteiger charge is 2.23. The van der Waals surface area contributed by atoms with Crippen molar-refractivity contribution in [2.45, 2.75) is 39.5 Å². The third-order valence-corrected chi connectivity index (χ3v) is 7.16. The number of hydrogen-bond acceptors (Lipinski definition) is 8. The highest BCUT2D eigenvalue weighted by Crippen LogP contribution is 2.36. The first-order chi connectivity index (χ1) is 21.5. The van der Waals surface area contributed by atoms with Crippen molar-refractivity contribution >= 4 is 28.6 Å². The van der Waals surface area contributed by atoms with E-state index in [0.717, 1.165) is 27.6 Å². The molecule has 1 amide bonds. The number of methoxy groups -OCH3 is 1. The van der Waals surface area contributed by atoms with E-state index >= 15 is 0 Å². The van der Waals surface area contributed by atoms with Gasteiger partial charge < -0.3 is 25.4 Å². The quantitative estimate of drug-likeness (QED) is 0.154. The Bertz CT molecular complexity index is 1750. The fraction of sp³-hybridized carbons (Fsp3) is 0.314. The number of rotatable bonds is 12. The van der Waals surface area contributed by atoms with Crippen molar-refractivity contribution < 1.29 is 19.1 Å². The van der Waals surface area contributed by atoms with Crippen LogP contribution in [-0.4, -0.2) is 60.1 Å². The first-order valence-electron chi connectivity index (χ1n) is 14.8. The number of carbonyl (C=O) groups excluding carboxylic acids is 2. The topological polar surface area (TPSA) is 136 Å². The van der Waals surface area contributed by atoms with Gasteiger partial charge in [-0.05, 0) is 74.8 Å². The number of likely N-dealkylation sites (N-methyl/N-ethyl adjacent to an activating group) is 1. The lowest BCUT2D eigenvalue weighted by molar-refractivity contribution is -0.154. The van der Waals surface area contributed by atoms with E-state index in [2.05, 4.69) is 11.4 Å². The Morgan fingerprint density at radius 3 is 2.58 bits per heavy atom. The van der Waals surface area contributed by atoms with Crippen LogP contribution in [0, 0.1) is 17.2 Å². The molecule has 0 fully saturated rings. The zero-order valence-electron chi connectivity index (χ0n) is 26.6. The van der Waals surface area contributed by atoms with Crippen molar-refractivity contribution in [3.05, 3.63) is 78.6 Å². The highest BCUT2D eigenvalue weighted by atomic mass is 16.6. The maximum Gasteiger partial charge on any atom is 0.324 e. The summed E-state index contributed by atoms with van der Waals surface area (Å²) in [4.78, 5) is 32.1. The molecule has 0 bridgehead atoms. The van der Waals surface area contributed by atoms with Crippen molar-refractivity contribution in [2.24, 2.45) is 11.7 Å². The first-order valence-corrected chi connectivity index (χ1v) is 14.8. The molecule has 3 N–H and O–H groups in total. The Kier molecular flexibility index (Phi) is 10.7. The molecule has 4 rings (SSSR count). The maximum atomic E-state index is 12.8. The zero-order chi connectivity index (χ0) is 32.7. The van der Waals surface area contributed by atoms with Crippen molar-refractivity contribution in [3.63, 3.8) is 0 Å². The summed E-state index contributed by atoms with van der Waals surface area (Å²) < 4.78 is 13.1. The Labute approximate surface area is 264 Å². The molecular formula is C35H40N6O4. The van der Waals surface area contributed by atoms with Crippen LogP contribution in [0.3, 0.4) is 0 Å². The number of nitrogens with one attached hydrogen (secondary N) is 1. The maximum absolute atomic E-state index is 12.8. The minimum absolute atomic E-state index is 0.249. The molecule has 0 saturated heterocycles. The van der Waals surface area contributed by atoms with Crippen LogP contribution >= 0.6 is 0 Å². The van der Waals surface area contributed by atoms with Gasteiger partial charge in [-0.3, -0.25) is 14.2 Å². The SMILES string of the molecule is COc1cc(NC(=O)/C=C/CN(C)C)cc(-c2cnc3c(c2)c(-c2cccc(C#N)c2)cn3C(C)OC(=O)[C@@H](N)CC(C)C)c1. The third-order valence-electron chi connectivity index (χ3n) is 7.16. The fourth-order valence-corrected chi connectivity index (χ4v) is 4.98. The van der Waals surface area contributed by atoms with Gasteiger partial charge in [-0.15, -0.1) is 0 Å². The summed E-state index contributed by atoms with van der Waals surface area (Å²) in [5.74, 6) is 0.0838. The molecule has 10 nitrogen and oxygen atoms in total. The molecule has 0 aliphatic rings. The van der Waals surface area contributed by atoms with Gasteiger partial charge in [0.15, 0.2) is 6.23 Å². The molecule has 2 aromatic carbocycles. The van der Waals surface area contributed by atoms with Gasteiger partial charge in [0, 0.05) is 53.3 Å². The second-order valence-electron chi connectivity index (χ2n) is 11.6. The number of esters is 1. The van der Waals surface area contributed by atoms with E-state index in [1.165, 1.54) is 6.08 Å². The van der Waals surface area contributed by atoms with Gasteiger partial charge in [-0.25, -0.2) is 4.98 Å². The minimum Gasteiger partial charge on any atom is -0.497 e. The third kappa shape index (κ3) is 8.35. The summed E-state index contributed by atoms with van der Waals surface area (Å²) in [5.41, 5.74) is 11.0. The number of ether oxygens (including phenoxy) is 2. The standard InChI is InChI=1S/C35H40N6O4/c1-22(2)13-32(37)35(43)45-23(3)41-21-31(25-10-7-9-24(14-25)19-36)30-17-27(20-38-34(30)41)26-15-28(18-29(16-26)44-6)39-33(42)11-8-12-40(4)5/h7-11,14-18,20-23,32H,12-13,37H2,1-6H3,(H,39,42)/b11-8+/t23?,32-/m0/s1. The number of benzene rings is 2. The Balaban J connectivity index is 1.77. The number of hydrogen-bond donors (Lipinski definition) is 2. The van der Waals surface area contributed by atoms with Crippen LogP contribution in [0.2, 0.25) is 0 Å². The summed E-state index contributed by atoms with van der Waals surface area (Å²) in [6.07, 6.45) is 6.72.